The quantitative estimate of drug-likeness (QED) is 0.465. The number of nitrogens with one attached hydrogen (secondary N) is 1. The van der Waals surface area contributed by atoms with Gasteiger partial charge in [-0.1, -0.05) is 38.3 Å². The molecule has 4 heteroatoms. The average Bonchev–Trinajstić information content (AvgIpc) is 2.68. The number of benzene rings is 2. The first-order valence-electron chi connectivity index (χ1n) is 9.07. The molecular formula is C22H27NO3. The molecule has 0 saturated carbocycles. The first kappa shape index (κ1) is 19.6. The summed E-state index contributed by atoms with van der Waals surface area (Å²) in [5.74, 6) is 1.45. The van der Waals surface area contributed by atoms with E-state index >= 15 is 0 Å². The van der Waals surface area contributed by atoms with E-state index in [0.29, 0.717) is 0 Å². The van der Waals surface area contributed by atoms with Gasteiger partial charge in [0.15, 0.2) is 0 Å². The number of unbranched alkanes of at least 4 members (excludes halogenated alkanes) is 3. The summed E-state index contributed by atoms with van der Waals surface area (Å²) in [7, 11) is 1.63. The summed E-state index contributed by atoms with van der Waals surface area (Å²) in [5.41, 5.74) is 1.68. The van der Waals surface area contributed by atoms with Crippen LogP contribution in [-0.2, 0) is 4.79 Å². The normalized spacial score (nSPS) is 10.7. The maximum Gasteiger partial charge on any atom is 0.248 e. The van der Waals surface area contributed by atoms with Crippen molar-refractivity contribution in [1.82, 2.24) is 0 Å². The third kappa shape index (κ3) is 7.01. The summed E-state index contributed by atoms with van der Waals surface area (Å²) in [6, 6.07) is 15.0. The van der Waals surface area contributed by atoms with Gasteiger partial charge in [-0.05, 0) is 54.5 Å². The number of carbonyl (C=O) groups is 1. The minimum atomic E-state index is -0.172. The van der Waals surface area contributed by atoms with E-state index in [2.05, 4.69) is 12.2 Å². The van der Waals surface area contributed by atoms with E-state index in [-0.39, 0.29) is 5.91 Å². The summed E-state index contributed by atoms with van der Waals surface area (Å²) in [4.78, 5) is 12.0. The molecule has 1 amide bonds. The van der Waals surface area contributed by atoms with Crippen molar-refractivity contribution in [3.05, 3.63) is 60.2 Å². The van der Waals surface area contributed by atoms with Crippen LogP contribution in [0.3, 0.4) is 0 Å². The molecule has 0 aliphatic heterocycles. The van der Waals surface area contributed by atoms with Gasteiger partial charge in [0.05, 0.1) is 13.7 Å². The number of hydrogen-bond acceptors (Lipinski definition) is 3. The van der Waals surface area contributed by atoms with Crippen molar-refractivity contribution in [2.24, 2.45) is 0 Å². The van der Waals surface area contributed by atoms with Crippen molar-refractivity contribution in [1.29, 1.82) is 0 Å². The predicted molar refractivity (Wildman–Crippen MR) is 107 cm³/mol. The lowest BCUT2D eigenvalue weighted by atomic mass is 10.2. The molecule has 0 bridgehead atoms. The SMILES string of the molecule is CCCCCCOc1ccc(NC(=O)C=Cc2ccc(OC)cc2)cc1. The fraction of sp³-hybridized carbons (Fsp3) is 0.318. The molecule has 0 radical (unpaired) electrons. The maximum atomic E-state index is 12.0. The Kier molecular flexibility index (Phi) is 8.27. The maximum absolute atomic E-state index is 12.0. The van der Waals surface area contributed by atoms with Crippen molar-refractivity contribution in [3.63, 3.8) is 0 Å². The average molecular weight is 353 g/mol. The fourth-order valence-electron chi connectivity index (χ4n) is 2.42. The lowest BCUT2D eigenvalue weighted by Gasteiger charge is -2.07. The first-order valence-corrected chi connectivity index (χ1v) is 9.07. The van der Waals surface area contributed by atoms with Crippen LogP contribution in [0.1, 0.15) is 38.2 Å². The predicted octanol–water partition coefficient (Wildman–Crippen LogP) is 5.31. The monoisotopic (exact) mass is 353 g/mol. The van der Waals surface area contributed by atoms with Crippen molar-refractivity contribution in [3.8, 4) is 11.5 Å². The van der Waals surface area contributed by atoms with Crippen LogP contribution in [0, 0.1) is 0 Å². The Bertz CT molecular complexity index is 690. The molecule has 0 fully saturated rings. The van der Waals surface area contributed by atoms with Gasteiger partial charge in [-0.25, -0.2) is 0 Å². The Morgan fingerprint density at radius 3 is 2.31 bits per heavy atom. The number of carbonyl (C=O) groups excluding carboxylic acids is 1. The lowest BCUT2D eigenvalue weighted by molar-refractivity contribution is -0.111. The van der Waals surface area contributed by atoms with Crippen LogP contribution in [0.2, 0.25) is 0 Å². The highest BCUT2D eigenvalue weighted by molar-refractivity contribution is 6.01. The molecule has 1 N–H and O–H groups in total. The molecule has 0 aliphatic carbocycles. The smallest absolute Gasteiger partial charge is 0.248 e. The third-order valence-corrected chi connectivity index (χ3v) is 3.93. The minimum absolute atomic E-state index is 0.172. The number of methoxy groups -OCH3 is 1. The third-order valence-electron chi connectivity index (χ3n) is 3.93. The molecule has 26 heavy (non-hydrogen) atoms. The van der Waals surface area contributed by atoms with Crippen LogP contribution >= 0.6 is 0 Å². The van der Waals surface area contributed by atoms with E-state index < -0.39 is 0 Å². The topological polar surface area (TPSA) is 47.6 Å². The van der Waals surface area contributed by atoms with Gasteiger partial charge < -0.3 is 14.8 Å². The van der Waals surface area contributed by atoms with Crippen molar-refractivity contribution in [2.75, 3.05) is 19.0 Å². The molecule has 0 spiro atoms. The second-order valence-electron chi connectivity index (χ2n) is 6.03. The number of amides is 1. The van der Waals surface area contributed by atoms with Crippen LogP contribution < -0.4 is 14.8 Å². The van der Waals surface area contributed by atoms with Crippen LogP contribution in [-0.4, -0.2) is 19.6 Å². The summed E-state index contributed by atoms with van der Waals surface area (Å²) < 4.78 is 10.8. The van der Waals surface area contributed by atoms with Crippen molar-refractivity contribution >= 4 is 17.7 Å². The molecule has 2 aromatic rings. The van der Waals surface area contributed by atoms with Crippen LogP contribution in [0.15, 0.2) is 54.6 Å². The lowest BCUT2D eigenvalue weighted by Crippen LogP contribution is -2.07. The van der Waals surface area contributed by atoms with E-state index in [1.54, 1.807) is 13.2 Å². The van der Waals surface area contributed by atoms with Gasteiger partial charge in [-0.2, -0.15) is 0 Å². The zero-order chi connectivity index (χ0) is 18.6. The number of rotatable bonds is 10. The van der Waals surface area contributed by atoms with Gasteiger partial charge in [0.1, 0.15) is 11.5 Å². The van der Waals surface area contributed by atoms with Gasteiger partial charge in [-0.3, -0.25) is 4.79 Å². The van der Waals surface area contributed by atoms with Crippen molar-refractivity contribution in [2.45, 2.75) is 32.6 Å². The standard InChI is InChI=1S/C22H27NO3/c1-3-4-5-6-17-26-21-14-10-19(11-15-21)23-22(24)16-9-18-7-12-20(25-2)13-8-18/h7-16H,3-6,17H2,1-2H3,(H,23,24). The zero-order valence-corrected chi connectivity index (χ0v) is 15.5. The molecule has 0 saturated heterocycles. The molecule has 0 heterocycles. The number of anilines is 1. The summed E-state index contributed by atoms with van der Waals surface area (Å²) in [6.45, 7) is 2.93. The van der Waals surface area contributed by atoms with Crippen LogP contribution in [0.25, 0.3) is 6.08 Å². The van der Waals surface area contributed by atoms with Crippen LogP contribution in [0.4, 0.5) is 5.69 Å². The van der Waals surface area contributed by atoms with Gasteiger partial charge >= 0.3 is 0 Å². The first-order chi connectivity index (χ1) is 12.7. The highest BCUT2D eigenvalue weighted by Gasteiger charge is 2.00. The van der Waals surface area contributed by atoms with E-state index in [1.165, 1.54) is 25.3 Å². The van der Waals surface area contributed by atoms with E-state index in [9.17, 15) is 4.79 Å². The Labute approximate surface area is 155 Å². The zero-order valence-electron chi connectivity index (χ0n) is 15.5. The number of ether oxygens (including phenoxy) is 2. The largest absolute Gasteiger partial charge is 0.497 e. The number of hydrogen-bond donors (Lipinski definition) is 1. The van der Waals surface area contributed by atoms with E-state index in [0.717, 1.165) is 35.8 Å². The summed E-state index contributed by atoms with van der Waals surface area (Å²) in [5, 5.41) is 2.84. The van der Waals surface area contributed by atoms with Gasteiger partial charge in [0, 0.05) is 11.8 Å². The molecule has 138 valence electrons. The Morgan fingerprint density at radius 2 is 1.65 bits per heavy atom. The van der Waals surface area contributed by atoms with Crippen LogP contribution in [0.5, 0.6) is 11.5 Å². The minimum Gasteiger partial charge on any atom is -0.497 e. The Hall–Kier alpha value is -2.75. The second-order valence-corrected chi connectivity index (χ2v) is 6.03. The van der Waals surface area contributed by atoms with E-state index in [1.807, 2.05) is 48.5 Å². The molecule has 2 rings (SSSR count). The second kappa shape index (κ2) is 11.0. The molecule has 2 aromatic carbocycles. The molecular weight excluding hydrogens is 326 g/mol. The summed E-state index contributed by atoms with van der Waals surface area (Å²) >= 11 is 0. The van der Waals surface area contributed by atoms with Gasteiger partial charge in [-0.15, -0.1) is 0 Å². The molecule has 0 aromatic heterocycles. The highest BCUT2D eigenvalue weighted by Crippen LogP contribution is 2.17. The molecule has 0 atom stereocenters. The molecule has 0 aliphatic rings. The molecule has 0 unspecified atom stereocenters. The van der Waals surface area contributed by atoms with Crippen molar-refractivity contribution < 1.29 is 14.3 Å². The van der Waals surface area contributed by atoms with Gasteiger partial charge in [0.25, 0.3) is 0 Å². The van der Waals surface area contributed by atoms with E-state index in [4.69, 9.17) is 9.47 Å². The Morgan fingerprint density at radius 1 is 0.962 bits per heavy atom. The molecule has 4 nitrogen and oxygen atoms in total. The summed E-state index contributed by atoms with van der Waals surface area (Å²) in [6.07, 6.45) is 8.02. The highest BCUT2D eigenvalue weighted by atomic mass is 16.5. The fourth-order valence-corrected chi connectivity index (χ4v) is 2.42. The van der Waals surface area contributed by atoms with Gasteiger partial charge in [0.2, 0.25) is 5.91 Å². The Balaban J connectivity index is 1.78.